The molecule has 1 unspecified atom stereocenters. The number of hydrogen-bond acceptors (Lipinski definition) is 3. The minimum atomic E-state index is -0.551. The second-order valence-electron chi connectivity index (χ2n) is 6.86. The van der Waals surface area contributed by atoms with Crippen molar-refractivity contribution in [2.45, 2.75) is 46.3 Å². The number of ether oxygens (including phenoxy) is 1. The number of halogens is 1. The summed E-state index contributed by atoms with van der Waals surface area (Å²) >= 11 is 3.34. The van der Waals surface area contributed by atoms with Gasteiger partial charge in [0.2, 0.25) is 0 Å². The van der Waals surface area contributed by atoms with Crippen LogP contribution >= 0.6 is 15.9 Å². The van der Waals surface area contributed by atoms with Crippen molar-refractivity contribution in [1.82, 2.24) is 15.2 Å². The van der Waals surface area contributed by atoms with Crippen LogP contribution in [0.4, 0.5) is 4.79 Å². The van der Waals surface area contributed by atoms with Crippen LogP contribution in [0.5, 0.6) is 0 Å². The molecule has 1 rings (SSSR count). The fraction of sp³-hybridized carbons (Fsp3) is 0.625. The van der Waals surface area contributed by atoms with Crippen LogP contribution in [0, 0.1) is 5.92 Å². The van der Waals surface area contributed by atoms with Crippen molar-refractivity contribution >= 4 is 27.9 Å². The maximum absolute atomic E-state index is 12.2. The van der Waals surface area contributed by atoms with Gasteiger partial charge in [0.15, 0.2) is 0 Å². The van der Waals surface area contributed by atoms with Crippen LogP contribution in [0.25, 0.3) is 0 Å². The number of nitrogens with one attached hydrogen (secondary N) is 2. The number of hydrogen-bond donors (Lipinski definition) is 2. The lowest BCUT2D eigenvalue weighted by Gasteiger charge is -2.26. The molecule has 2 N–H and O–H groups in total. The molecule has 0 saturated carbocycles. The smallest absolute Gasteiger partial charge is 0.407 e. The van der Waals surface area contributed by atoms with Gasteiger partial charge in [-0.05, 0) is 48.7 Å². The average molecular weight is 388 g/mol. The SMILES string of the molecule is CC(C)C(CNC(=O)c1cc(Br)cn1C)NC(=O)OC(C)(C)C. The van der Waals surface area contributed by atoms with Gasteiger partial charge in [0, 0.05) is 24.3 Å². The highest BCUT2D eigenvalue weighted by Crippen LogP contribution is 2.13. The predicted octanol–water partition coefficient (Wildman–Crippen LogP) is 3.07. The minimum absolute atomic E-state index is 0.156. The number of amides is 2. The normalized spacial score (nSPS) is 12.9. The van der Waals surface area contributed by atoms with Gasteiger partial charge in [0.05, 0.1) is 6.04 Å². The lowest BCUT2D eigenvalue weighted by molar-refractivity contribution is 0.0487. The second kappa shape index (κ2) is 7.86. The Morgan fingerprint density at radius 2 is 1.96 bits per heavy atom. The molecule has 0 aliphatic rings. The molecule has 2 amide bonds. The Balaban J connectivity index is 2.61. The van der Waals surface area contributed by atoms with E-state index in [9.17, 15) is 9.59 Å². The van der Waals surface area contributed by atoms with Crippen LogP contribution in [-0.4, -0.2) is 34.8 Å². The first-order valence-corrected chi connectivity index (χ1v) is 8.38. The molecule has 23 heavy (non-hydrogen) atoms. The van der Waals surface area contributed by atoms with Crippen LogP contribution in [0.2, 0.25) is 0 Å². The highest BCUT2D eigenvalue weighted by atomic mass is 79.9. The summed E-state index contributed by atoms with van der Waals surface area (Å²) in [6, 6.07) is 1.54. The van der Waals surface area contributed by atoms with Crippen molar-refractivity contribution in [2.75, 3.05) is 6.54 Å². The Bertz CT molecular complexity index is 561. The molecule has 0 spiro atoms. The Kier molecular flexibility index (Phi) is 6.68. The highest BCUT2D eigenvalue weighted by Gasteiger charge is 2.22. The summed E-state index contributed by atoms with van der Waals surface area (Å²) in [6.07, 6.45) is 1.33. The van der Waals surface area contributed by atoms with E-state index < -0.39 is 11.7 Å². The van der Waals surface area contributed by atoms with E-state index in [0.29, 0.717) is 12.2 Å². The first-order chi connectivity index (χ1) is 10.5. The average Bonchev–Trinajstić information content (AvgIpc) is 2.70. The number of alkyl carbamates (subject to hydrolysis) is 1. The standard InChI is InChI=1S/C16H26BrN3O3/c1-10(2)12(19-15(22)23-16(3,4)5)8-18-14(21)13-7-11(17)9-20(13)6/h7,9-10,12H,8H2,1-6H3,(H,18,21)(H,19,22). The Hall–Kier alpha value is -1.50. The van der Waals surface area contributed by atoms with Crippen LogP contribution in [0.1, 0.15) is 45.1 Å². The van der Waals surface area contributed by atoms with E-state index in [2.05, 4.69) is 26.6 Å². The summed E-state index contributed by atoms with van der Waals surface area (Å²) in [5.74, 6) is -0.0298. The van der Waals surface area contributed by atoms with Crippen molar-refractivity contribution in [3.63, 3.8) is 0 Å². The second-order valence-corrected chi connectivity index (χ2v) is 7.78. The van der Waals surface area contributed by atoms with E-state index in [4.69, 9.17) is 4.74 Å². The van der Waals surface area contributed by atoms with Gasteiger partial charge in [0.25, 0.3) is 5.91 Å². The lowest BCUT2D eigenvalue weighted by atomic mass is 10.0. The van der Waals surface area contributed by atoms with Gasteiger partial charge in [-0.1, -0.05) is 13.8 Å². The first kappa shape index (κ1) is 19.5. The molecule has 1 aromatic heterocycles. The van der Waals surface area contributed by atoms with Gasteiger partial charge in [0.1, 0.15) is 11.3 Å². The fourth-order valence-electron chi connectivity index (χ4n) is 1.96. The molecule has 0 aliphatic heterocycles. The van der Waals surface area contributed by atoms with Gasteiger partial charge >= 0.3 is 6.09 Å². The van der Waals surface area contributed by atoms with Crippen LogP contribution in [0.15, 0.2) is 16.7 Å². The number of nitrogens with zero attached hydrogens (tertiary/aromatic N) is 1. The van der Waals surface area contributed by atoms with E-state index in [-0.39, 0.29) is 17.9 Å². The number of carbonyl (C=O) groups is 2. The van der Waals surface area contributed by atoms with Crippen molar-refractivity contribution in [1.29, 1.82) is 0 Å². The van der Waals surface area contributed by atoms with E-state index in [1.54, 1.807) is 17.7 Å². The number of aromatic nitrogens is 1. The Morgan fingerprint density at radius 3 is 2.39 bits per heavy atom. The highest BCUT2D eigenvalue weighted by molar-refractivity contribution is 9.10. The summed E-state index contributed by atoms with van der Waals surface area (Å²) < 4.78 is 7.85. The molecule has 0 radical (unpaired) electrons. The molecule has 130 valence electrons. The monoisotopic (exact) mass is 387 g/mol. The molecule has 0 fully saturated rings. The Morgan fingerprint density at radius 1 is 1.35 bits per heavy atom. The van der Waals surface area contributed by atoms with E-state index in [0.717, 1.165) is 4.47 Å². The number of carbonyl (C=O) groups excluding carboxylic acids is 2. The van der Waals surface area contributed by atoms with Crippen LogP contribution in [0.3, 0.4) is 0 Å². The summed E-state index contributed by atoms with van der Waals surface area (Å²) in [7, 11) is 1.80. The topological polar surface area (TPSA) is 72.4 Å². The van der Waals surface area contributed by atoms with Gasteiger partial charge in [-0.15, -0.1) is 0 Å². The molecule has 1 heterocycles. The first-order valence-electron chi connectivity index (χ1n) is 7.59. The van der Waals surface area contributed by atoms with Gasteiger partial charge in [-0.2, -0.15) is 0 Å². The summed E-state index contributed by atoms with van der Waals surface area (Å²) in [5, 5.41) is 5.66. The summed E-state index contributed by atoms with van der Waals surface area (Å²) in [5.41, 5.74) is 0.00104. The molecule has 7 heteroatoms. The minimum Gasteiger partial charge on any atom is -0.444 e. The maximum Gasteiger partial charge on any atom is 0.407 e. The van der Waals surface area contributed by atoms with Crippen LogP contribution < -0.4 is 10.6 Å². The molecule has 0 saturated heterocycles. The zero-order valence-electron chi connectivity index (χ0n) is 14.6. The van der Waals surface area contributed by atoms with Crippen molar-refractivity contribution in [3.8, 4) is 0 Å². The molecular formula is C16H26BrN3O3. The molecular weight excluding hydrogens is 362 g/mol. The summed E-state index contributed by atoms with van der Waals surface area (Å²) in [4.78, 5) is 24.1. The molecule has 0 aromatic carbocycles. The Labute approximate surface area is 146 Å². The predicted molar refractivity (Wildman–Crippen MR) is 93.4 cm³/mol. The molecule has 1 aromatic rings. The van der Waals surface area contributed by atoms with E-state index in [1.165, 1.54) is 0 Å². The van der Waals surface area contributed by atoms with Gasteiger partial charge in [-0.25, -0.2) is 4.79 Å². The third-order valence-corrected chi connectivity index (χ3v) is 3.63. The maximum atomic E-state index is 12.2. The molecule has 0 bridgehead atoms. The number of rotatable bonds is 5. The van der Waals surface area contributed by atoms with E-state index in [1.807, 2.05) is 40.8 Å². The lowest BCUT2D eigenvalue weighted by Crippen LogP contribution is -2.48. The largest absolute Gasteiger partial charge is 0.444 e. The van der Waals surface area contributed by atoms with Gasteiger partial charge in [-0.3, -0.25) is 4.79 Å². The van der Waals surface area contributed by atoms with Crippen molar-refractivity contribution in [2.24, 2.45) is 13.0 Å². The third-order valence-electron chi connectivity index (χ3n) is 3.19. The van der Waals surface area contributed by atoms with Crippen LogP contribution in [-0.2, 0) is 11.8 Å². The quantitative estimate of drug-likeness (QED) is 0.815. The van der Waals surface area contributed by atoms with E-state index >= 15 is 0 Å². The molecule has 1 atom stereocenters. The zero-order chi connectivity index (χ0) is 17.8. The molecule has 6 nitrogen and oxygen atoms in total. The van der Waals surface area contributed by atoms with Crippen molar-refractivity contribution in [3.05, 3.63) is 22.4 Å². The zero-order valence-corrected chi connectivity index (χ0v) is 16.2. The summed E-state index contributed by atoms with van der Waals surface area (Å²) in [6.45, 7) is 9.73. The molecule has 0 aliphatic carbocycles. The van der Waals surface area contributed by atoms with Gasteiger partial charge < -0.3 is 19.9 Å². The van der Waals surface area contributed by atoms with Crippen molar-refractivity contribution < 1.29 is 14.3 Å². The fourth-order valence-corrected chi connectivity index (χ4v) is 2.48. The number of aryl methyl sites for hydroxylation is 1. The third kappa shape index (κ3) is 6.64.